The van der Waals surface area contributed by atoms with E-state index in [1.165, 1.54) is 5.56 Å². The van der Waals surface area contributed by atoms with Gasteiger partial charge in [0.25, 0.3) is 0 Å². The van der Waals surface area contributed by atoms with Crippen LogP contribution in [0, 0.1) is 11.3 Å². The highest BCUT2D eigenvalue weighted by molar-refractivity contribution is 8.00. The van der Waals surface area contributed by atoms with Crippen LogP contribution in [-0.4, -0.2) is 11.3 Å². The van der Waals surface area contributed by atoms with Crippen molar-refractivity contribution in [3.05, 3.63) is 29.8 Å². The van der Waals surface area contributed by atoms with Crippen molar-refractivity contribution in [1.29, 1.82) is 5.26 Å². The maximum absolute atomic E-state index is 8.76. The van der Waals surface area contributed by atoms with Gasteiger partial charge in [0.15, 0.2) is 0 Å². The van der Waals surface area contributed by atoms with Crippen LogP contribution in [-0.2, 0) is 6.54 Å². The smallest absolute Gasteiger partial charge is 0.0935 e. The summed E-state index contributed by atoms with van der Waals surface area (Å²) in [5.74, 6) is 0. The minimum Gasteiger partial charge on any atom is -0.310 e. The highest BCUT2D eigenvalue weighted by Gasteiger charge is 2.03. The Morgan fingerprint density at radius 1 is 1.38 bits per heavy atom. The van der Waals surface area contributed by atoms with E-state index in [1.807, 2.05) is 13.0 Å². The molecule has 0 aliphatic carbocycles. The largest absolute Gasteiger partial charge is 0.310 e. The molecule has 3 heteroatoms. The maximum atomic E-state index is 8.76. The predicted molar refractivity (Wildman–Crippen MR) is 69.3 cm³/mol. The number of thioether (sulfide) groups is 1. The zero-order valence-corrected chi connectivity index (χ0v) is 10.8. The molecule has 1 unspecified atom stereocenters. The fourth-order valence-electron chi connectivity index (χ4n) is 1.28. The molecule has 1 N–H and O–H groups in total. The Labute approximate surface area is 102 Å². The average molecular weight is 234 g/mol. The van der Waals surface area contributed by atoms with Gasteiger partial charge >= 0.3 is 0 Å². The molecule has 2 nitrogen and oxygen atoms in total. The standard InChI is InChI=1S/C13H18N2S/c1-10(2)15-9-12-5-4-6-13(7-12)16-11(3)8-14/h4-7,10-11,15H,9H2,1-3H3. The third-order valence-corrected chi connectivity index (χ3v) is 3.09. The van der Waals surface area contributed by atoms with Crippen molar-refractivity contribution in [1.82, 2.24) is 5.32 Å². The first-order valence-corrected chi connectivity index (χ1v) is 6.38. The second kappa shape index (κ2) is 6.57. The van der Waals surface area contributed by atoms with Gasteiger partial charge in [0.1, 0.15) is 0 Å². The van der Waals surface area contributed by atoms with Gasteiger partial charge in [0, 0.05) is 17.5 Å². The van der Waals surface area contributed by atoms with Crippen molar-refractivity contribution in [2.75, 3.05) is 0 Å². The van der Waals surface area contributed by atoms with Crippen LogP contribution in [0.2, 0.25) is 0 Å². The van der Waals surface area contributed by atoms with Gasteiger partial charge < -0.3 is 5.32 Å². The molecule has 1 aromatic carbocycles. The lowest BCUT2D eigenvalue weighted by atomic mass is 10.2. The quantitative estimate of drug-likeness (QED) is 0.795. The highest BCUT2D eigenvalue weighted by atomic mass is 32.2. The van der Waals surface area contributed by atoms with Gasteiger partial charge in [-0.25, -0.2) is 0 Å². The van der Waals surface area contributed by atoms with Crippen LogP contribution in [0.3, 0.4) is 0 Å². The second-order valence-corrected chi connectivity index (χ2v) is 5.49. The van der Waals surface area contributed by atoms with Crippen molar-refractivity contribution in [3.8, 4) is 6.07 Å². The second-order valence-electron chi connectivity index (χ2n) is 4.07. The number of hydrogen-bond donors (Lipinski definition) is 1. The molecule has 0 radical (unpaired) electrons. The summed E-state index contributed by atoms with van der Waals surface area (Å²) in [6.45, 7) is 7.07. The number of nitriles is 1. The van der Waals surface area contributed by atoms with E-state index in [0.717, 1.165) is 11.4 Å². The van der Waals surface area contributed by atoms with E-state index in [-0.39, 0.29) is 5.25 Å². The third-order valence-electron chi connectivity index (χ3n) is 2.11. The van der Waals surface area contributed by atoms with Crippen molar-refractivity contribution in [2.24, 2.45) is 0 Å². The van der Waals surface area contributed by atoms with Gasteiger partial charge in [-0.15, -0.1) is 11.8 Å². The van der Waals surface area contributed by atoms with Crippen molar-refractivity contribution >= 4 is 11.8 Å². The molecule has 1 atom stereocenters. The normalized spacial score (nSPS) is 12.4. The molecule has 0 heterocycles. The SMILES string of the molecule is CC(C)NCc1cccc(SC(C)C#N)c1. The van der Waals surface area contributed by atoms with E-state index >= 15 is 0 Å². The van der Waals surface area contributed by atoms with Crippen LogP contribution >= 0.6 is 11.8 Å². The molecule has 0 bridgehead atoms. The van der Waals surface area contributed by atoms with E-state index in [9.17, 15) is 0 Å². The summed E-state index contributed by atoms with van der Waals surface area (Å²) in [5.41, 5.74) is 1.27. The first-order chi connectivity index (χ1) is 7.61. The molecule has 1 aromatic rings. The molecule has 0 fully saturated rings. The Hall–Kier alpha value is -0.980. The zero-order chi connectivity index (χ0) is 12.0. The van der Waals surface area contributed by atoms with E-state index in [0.29, 0.717) is 6.04 Å². The number of benzene rings is 1. The van der Waals surface area contributed by atoms with Gasteiger partial charge in [-0.1, -0.05) is 26.0 Å². The van der Waals surface area contributed by atoms with E-state index in [2.05, 4.69) is 43.4 Å². The summed E-state index contributed by atoms with van der Waals surface area (Å²) in [6, 6.07) is 11.1. The molecule has 0 amide bonds. The van der Waals surface area contributed by atoms with E-state index in [4.69, 9.17) is 5.26 Å². The number of nitrogens with zero attached hydrogens (tertiary/aromatic N) is 1. The Balaban J connectivity index is 2.61. The van der Waals surface area contributed by atoms with Gasteiger partial charge in [-0.05, 0) is 24.6 Å². The average Bonchev–Trinajstić information content (AvgIpc) is 2.26. The minimum absolute atomic E-state index is 0.00769. The molecular weight excluding hydrogens is 216 g/mol. The molecule has 0 aromatic heterocycles. The lowest BCUT2D eigenvalue weighted by molar-refractivity contribution is 0.588. The van der Waals surface area contributed by atoms with Crippen LogP contribution in [0.4, 0.5) is 0 Å². The lowest BCUT2D eigenvalue weighted by Crippen LogP contribution is -2.21. The lowest BCUT2D eigenvalue weighted by Gasteiger charge is -2.09. The summed E-state index contributed by atoms with van der Waals surface area (Å²) in [7, 11) is 0. The van der Waals surface area contributed by atoms with Crippen molar-refractivity contribution in [3.63, 3.8) is 0 Å². The van der Waals surface area contributed by atoms with Crippen molar-refractivity contribution < 1.29 is 0 Å². The molecule has 0 saturated heterocycles. The fourth-order valence-corrected chi connectivity index (χ4v) is 2.12. The molecule has 86 valence electrons. The number of hydrogen-bond acceptors (Lipinski definition) is 3. The van der Waals surface area contributed by atoms with Gasteiger partial charge in [-0.2, -0.15) is 5.26 Å². The highest BCUT2D eigenvalue weighted by Crippen LogP contribution is 2.23. The Morgan fingerprint density at radius 3 is 2.75 bits per heavy atom. The maximum Gasteiger partial charge on any atom is 0.0935 e. The molecule has 0 aliphatic rings. The fraction of sp³-hybridized carbons (Fsp3) is 0.462. The summed E-state index contributed by atoms with van der Waals surface area (Å²) >= 11 is 1.60. The summed E-state index contributed by atoms with van der Waals surface area (Å²) in [6.07, 6.45) is 0. The van der Waals surface area contributed by atoms with Crippen LogP contribution in [0.25, 0.3) is 0 Å². The summed E-state index contributed by atoms with van der Waals surface area (Å²) < 4.78 is 0. The number of nitrogens with one attached hydrogen (secondary N) is 1. The van der Waals surface area contributed by atoms with Gasteiger partial charge in [0.05, 0.1) is 11.3 Å². The molecular formula is C13H18N2S. The molecule has 0 saturated carbocycles. The minimum atomic E-state index is 0.00769. The van der Waals surface area contributed by atoms with Gasteiger partial charge in [-0.3, -0.25) is 0 Å². The first-order valence-electron chi connectivity index (χ1n) is 5.50. The third kappa shape index (κ3) is 4.69. The van der Waals surface area contributed by atoms with Gasteiger partial charge in [0.2, 0.25) is 0 Å². The van der Waals surface area contributed by atoms with Crippen molar-refractivity contribution in [2.45, 2.75) is 43.5 Å². The first kappa shape index (κ1) is 13.1. The molecule has 0 spiro atoms. The Bertz CT molecular complexity index is 368. The zero-order valence-electron chi connectivity index (χ0n) is 10.0. The van der Waals surface area contributed by atoms with Crippen LogP contribution < -0.4 is 5.32 Å². The van der Waals surface area contributed by atoms with Crippen LogP contribution in [0.15, 0.2) is 29.2 Å². The molecule has 1 rings (SSSR count). The Kier molecular flexibility index (Phi) is 5.37. The van der Waals surface area contributed by atoms with Crippen LogP contribution in [0.5, 0.6) is 0 Å². The molecule has 16 heavy (non-hydrogen) atoms. The Morgan fingerprint density at radius 2 is 2.12 bits per heavy atom. The monoisotopic (exact) mass is 234 g/mol. The summed E-state index contributed by atoms with van der Waals surface area (Å²) in [5, 5.41) is 12.1. The number of rotatable bonds is 5. The topological polar surface area (TPSA) is 35.8 Å². The predicted octanol–water partition coefficient (Wildman–Crippen LogP) is 3.19. The van der Waals surface area contributed by atoms with E-state index < -0.39 is 0 Å². The van der Waals surface area contributed by atoms with Crippen LogP contribution in [0.1, 0.15) is 26.3 Å². The molecule has 0 aliphatic heterocycles. The summed E-state index contributed by atoms with van der Waals surface area (Å²) in [4.78, 5) is 1.16. The van der Waals surface area contributed by atoms with E-state index in [1.54, 1.807) is 11.8 Å².